The van der Waals surface area contributed by atoms with E-state index in [9.17, 15) is 4.79 Å². The summed E-state index contributed by atoms with van der Waals surface area (Å²) in [5, 5.41) is 7.53. The van der Waals surface area contributed by atoms with Gasteiger partial charge < -0.3 is 20.1 Å². The van der Waals surface area contributed by atoms with Gasteiger partial charge in [0.05, 0.1) is 20.3 Å². The number of para-hydroxylation sites is 1. The SMILES string of the molecule is COc1cccc([C@H](Nc2cc(C)ccn2)c2c(NC(=O)c3ccccc3)sc(C)c2C)c1OC. The lowest BCUT2D eigenvalue weighted by atomic mass is 9.95. The standard InChI is InChI=1S/C28H29N3O3S/c1-17-14-15-29-23(16-17)30-25(21-12-9-13-22(33-4)26(21)34-5)24-18(2)19(3)35-28(24)31-27(32)20-10-7-6-8-11-20/h6-16,25H,1-5H3,(H,29,30)(H,31,32)/t25-/m0/s1. The molecule has 2 N–H and O–H groups in total. The van der Waals surface area contributed by atoms with Crippen molar-refractivity contribution in [1.82, 2.24) is 4.98 Å². The van der Waals surface area contributed by atoms with Crippen molar-refractivity contribution in [3.8, 4) is 11.5 Å². The van der Waals surface area contributed by atoms with E-state index in [2.05, 4.69) is 29.5 Å². The Morgan fingerprint density at radius 3 is 2.43 bits per heavy atom. The molecule has 0 aliphatic heterocycles. The highest BCUT2D eigenvalue weighted by molar-refractivity contribution is 7.16. The molecule has 0 saturated carbocycles. The van der Waals surface area contributed by atoms with Crippen LogP contribution >= 0.6 is 11.3 Å². The Bertz CT molecular complexity index is 1330. The smallest absolute Gasteiger partial charge is 0.256 e. The fraction of sp³-hybridized carbons (Fsp3) is 0.214. The predicted molar refractivity (Wildman–Crippen MR) is 142 cm³/mol. The maximum Gasteiger partial charge on any atom is 0.256 e. The summed E-state index contributed by atoms with van der Waals surface area (Å²) in [5.41, 5.74) is 4.63. The number of thiophene rings is 1. The molecule has 2 heterocycles. The molecule has 2 aromatic heterocycles. The lowest BCUT2D eigenvalue weighted by molar-refractivity contribution is 0.102. The van der Waals surface area contributed by atoms with Gasteiger partial charge in [-0.3, -0.25) is 4.79 Å². The van der Waals surface area contributed by atoms with Crippen molar-refractivity contribution in [2.45, 2.75) is 26.8 Å². The average Bonchev–Trinajstić information content (AvgIpc) is 3.14. The van der Waals surface area contributed by atoms with Crippen LogP contribution in [0.3, 0.4) is 0 Å². The molecule has 1 atom stereocenters. The van der Waals surface area contributed by atoms with Crippen LogP contribution in [0.1, 0.15) is 43.5 Å². The van der Waals surface area contributed by atoms with E-state index in [1.807, 2.05) is 55.5 Å². The van der Waals surface area contributed by atoms with E-state index in [0.717, 1.165) is 37.9 Å². The van der Waals surface area contributed by atoms with Crippen LogP contribution in [0.2, 0.25) is 0 Å². The largest absolute Gasteiger partial charge is 0.493 e. The first-order chi connectivity index (χ1) is 16.9. The Morgan fingerprint density at radius 1 is 0.971 bits per heavy atom. The Labute approximate surface area is 210 Å². The van der Waals surface area contributed by atoms with Crippen molar-refractivity contribution >= 4 is 28.1 Å². The minimum absolute atomic E-state index is 0.155. The molecule has 0 fully saturated rings. The van der Waals surface area contributed by atoms with Crippen LogP contribution in [-0.4, -0.2) is 25.1 Å². The minimum Gasteiger partial charge on any atom is -0.493 e. The van der Waals surface area contributed by atoms with Gasteiger partial charge in [-0.25, -0.2) is 4.98 Å². The minimum atomic E-state index is -0.356. The van der Waals surface area contributed by atoms with Gasteiger partial charge in [0.1, 0.15) is 10.8 Å². The number of benzene rings is 2. The third kappa shape index (κ3) is 5.15. The molecule has 0 saturated heterocycles. The fourth-order valence-electron chi connectivity index (χ4n) is 4.06. The fourth-order valence-corrected chi connectivity index (χ4v) is 5.15. The highest BCUT2D eigenvalue weighted by Gasteiger charge is 2.28. The third-order valence-corrected chi connectivity index (χ3v) is 7.07. The summed E-state index contributed by atoms with van der Waals surface area (Å²) in [6.07, 6.45) is 1.78. The van der Waals surface area contributed by atoms with Crippen molar-refractivity contribution in [2.75, 3.05) is 24.9 Å². The number of nitrogens with zero attached hydrogens (tertiary/aromatic N) is 1. The summed E-state index contributed by atoms with van der Waals surface area (Å²) in [7, 11) is 3.25. The molecule has 4 aromatic rings. The van der Waals surface area contributed by atoms with Crippen LogP contribution in [0.5, 0.6) is 11.5 Å². The molecular formula is C28H29N3O3S. The Morgan fingerprint density at radius 2 is 1.74 bits per heavy atom. The van der Waals surface area contributed by atoms with Gasteiger partial charge >= 0.3 is 0 Å². The second kappa shape index (κ2) is 10.6. The topological polar surface area (TPSA) is 72.5 Å². The number of hydrogen-bond donors (Lipinski definition) is 2. The van der Waals surface area contributed by atoms with Gasteiger partial charge in [0.2, 0.25) is 0 Å². The maximum absolute atomic E-state index is 13.1. The Balaban J connectivity index is 1.86. The Kier molecular flexibility index (Phi) is 7.36. The van der Waals surface area contributed by atoms with Gasteiger partial charge in [0.15, 0.2) is 11.5 Å². The van der Waals surface area contributed by atoms with Crippen LogP contribution in [0.15, 0.2) is 66.9 Å². The summed E-state index contributed by atoms with van der Waals surface area (Å²) in [4.78, 5) is 18.7. The van der Waals surface area contributed by atoms with Crippen molar-refractivity contribution in [1.29, 1.82) is 0 Å². The molecule has 0 radical (unpaired) electrons. The summed E-state index contributed by atoms with van der Waals surface area (Å²) in [6.45, 7) is 6.16. The van der Waals surface area contributed by atoms with Gasteiger partial charge in [-0.2, -0.15) is 0 Å². The zero-order chi connectivity index (χ0) is 24.9. The van der Waals surface area contributed by atoms with Gasteiger partial charge in [-0.15, -0.1) is 11.3 Å². The van der Waals surface area contributed by atoms with Crippen LogP contribution in [0.4, 0.5) is 10.8 Å². The van der Waals surface area contributed by atoms with E-state index >= 15 is 0 Å². The van der Waals surface area contributed by atoms with Crippen molar-refractivity contribution < 1.29 is 14.3 Å². The molecule has 4 rings (SSSR count). The average molecular weight is 488 g/mol. The molecule has 0 unspecified atom stereocenters. The van der Waals surface area contributed by atoms with E-state index in [1.54, 1.807) is 43.9 Å². The van der Waals surface area contributed by atoms with Crippen LogP contribution < -0.4 is 20.1 Å². The van der Waals surface area contributed by atoms with Gasteiger partial charge in [-0.05, 0) is 62.2 Å². The number of aryl methyl sites for hydroxylation is 2. The normalized spacial score (nSPS) is 11.6. The van der Waals surface area contributed by atoms with Gasteiger partial charge in [0, 0.05) is 27.8 Å². The zero-order valence-electron chi connectivity index (χ0n) is 20.5. The lowest BCUT2D eigenvalue weighted by Crippen LogP contribution is -2.18. The second-order valence-corrected chi connectivity index (χ2v) is 9.45. The summed E-state index contributed by atoms with van der Waals surface area (Å²) >= 11 is 1.56. The van der Waals surface area contributed by atoms with Gasteiger partial charge in [0.25, 0.3) is 5.91 Å². The van der Waals surface area contributed by atoms with Crippen LogP contribution in [0.25, 0.3) is 0 Å². The zero-order valence-corrected chi connectivity index (χ0v) is 21.3. The molecule has 180 valence electrons. The van der Waals surface area contributed by atoms with E-state index in [0.29, 0.717) is 17.1 Å². The number of anilines is 2. The molecule has 1 amide bonds. The highest BCUT2D eigenvalue weighted by atomic mass is 32.1. The van der Waals surface area contributed by atoms with E-state index in [4.69, 9.17) is 9.47 Å². The molecule has 0 aliphatic rings. The first kappa shape index (κ1) is 24.3. The number of carbonyl (C=O) groups is 1. The monoisotopic (exact) mass is 487 g/mol. The number of methoxy groups -OCH3 is 2. The predicted octanol–water partition coefficient (Wildman–Crippen LogP) is 6.54. The van der Waals surface area contributed by atoms with Crippen molar-refractivity contribution in [3.05, 3.63) is 99.6 Å². The molecule has 0 spiro atoms. The van der Waals surface area contributed by atoms with Crippen LogP contribution in [-0.2, 0) is 0 Å². The molecule has 2 aromatic carbocycles. The number of amides is 1. The lowest BCUT2D eigenvalue weighted by Gasteiger charge is -2.25. The van der Waals surface area contributed by atoms with E-state index < -0.39 is 0 Å². The van der Waals surface area contributed by atoms with Crippen molar-refractivity contribution in [3.63, 3.8) is 0 Å². The quantitative estimate of drug-likeness (QED) is 0.295. The van der Waals surface area contributed by atoms with Crippen molar-refractivity contribution in [2.24, 2.45) is 0 Å². The third-order valence-electron chi connectivity index (χ3n) is 5.94. The number of aromatic nitrogens is 1. The summed E-state index contributed by atoms with van der Waals surface area (Å²) < 4.78 is 11.4. The first-order valence-corrected chi connectivity index (χ1v) is 12.1. The highest BCUT2D eigenvalue weighted by Crippen LogP contribution is 2.45. The number of hydrogen-bond acceptors (Lipinski definition) is 6. The molecule has 35 heavy (non-hydrogen) atoms. The summed E-state index contributed by atoms with van der Waals surface area (Å²) in [6, 6.07) is 18.6. The van der Waals surface area contributed by atoms with E-state index in [-0.39, 0.29) is 11.9 Å². The number of pyridine rings is 1. The summed E-state index contributed by atoms with van der Waals surface area (Å²) in [5.74, 6) is 1.83. The molecular weight excluding hydrogens is 458 g/mol. The number of ether oxygens (including phenoxy) is 2. The Hall–Kier alpha value is -3.84. The van der Waals surface area contributed by atoms with Gasteiger partial charge in [-0.1, -0.05) is 30.3 Å². The van der Waals surface area contributed by atoms with Crippen LogP contribution in [0, 0.1) is 20.8 Å². The second-order valence-electron chi connectivity index (χ2n) is 8.22. The molecule has 0 bridgehead atoms. The molecule has 6 nitrogen and oxygen atoms in total. The molecule has 0 aliphatic carbocycles. The molecule has 7 heteroatoms. The number of rotatable bonds is 8. The van der Waals surface area contributed by atoms with E-state index in [1.165, 1.54) is 0 Å². The maximum atomic E-state index is 13.1. The number of nitrogens with one attached hydrogen (secondary N) is 2. The first-order valence-electron chi connectivity index (χ1n) is 11.3. The number of carbonyl (C=O) groups excluding carboxylic acids is 1.